The number of carbonyl (C=O) groups is 1. The largest absolute Gasteiger partial charge is 0.475 e. The van der Waals surface area contributed by atoms with Crippen LogP contribution in [0.3, 0.4) is 0 Å². The molecule has 6 nitrogen and oxygen atoms in total. The number of fused-ring (bicyclic) bond motifs is 1. The second-order valence-electron chi connectivity index (χ2n) is 4.12. The van der Waals surface area contributed by atoms with E-state index in [1.54, 1.807) is 6.07 Å². The zero-order valence-electron chi connectivity index (χ0n) is 10.1. The molecule has 1 aromatic carbocycles. The van der Waals surface area contributed by atoms with Gasteiger partial charge in [0.25, 0.3) is 0 Å². The lowest BCUT2D eigenvalue weighted by Crippen LogP contribution is -2.04. The Morgan fingerprint density at radius 1 is 1.26 bits per heavy atom. The topological polar surface area (TPSA) is 91.8 Å². The molecule has 6 heteroatoms. The van der Waals surface area contributed by atoms with Gasteiger partial charge in [-0.25, -0.2) is 19.7 Å². The Morgan fingerprint density at radius 2 is 2.11 bits per heavy atom. The van der Waals surface area contributed by atoms with Crippen LogP contribution in [0.1, 0.15) is 16.4 Å². The number of hydrogen-bond donors (Lipinski definition) is 2. The minimum Gasteiger partial charge on any atom is -0.475 e. The summed E-state index contributed by atoms with van der Waals surface area (Å²) in [5.41, 5.74) is 3.15. The molecular formula is C13H10N4O2. The first kappa shape index (κ1) is 11.3. The number of nitrogens with one attached hydrogen (secondary N) is 1. The van der Waals surface area contributed by atoms with E-state index in [0.29, 0.717) is 5.69 Å². The summed E-state index contributed by atoms with van der Waals surface area (Å²) in [7, 11) is 0. The second-order valence-corrected chi connectivity index (χ2v) is 4.12. The molecule has 0 saturated carbocycles. The highest BCUT2D eigenvalue weighted by atomic mass is 16.4. The van der Waals surface area contributed by atoms with E-state index in [1.807, 2.05) is 25.1 Å². The van der Waals surface area contributed by atoms with E-state index in [1.165, 1.54) is 6.20 Å². The summed E-state index contributed by atoms with van der Waals surface area (Å²) in [6.07, 6.45) is 1.44. The molecule has 0 aliphatic rings. The number of aromatic carboxylic acids is 1. The van der Waals surface area contributed by atoms with Crippen molar-refractivity contribution in [3.63, 3.8) is 0 Å². The third-order valence-corrected chi connectivity index (χ3v) is 2.74. The Kier molecular flexibility index (Phi) is 2.49. The molecule has 0 fully saturated rings. The van der Waals surface area contributed by atoms with Crippen LogP contribution in [-0.2, 0) is 0 Å². The molecule has 3 aromatic rings. The molecule has 2 N–H and O–H groups in total. The summed E-state index contributed by atoms with van der Waals surface area (Å²) in [6, 6.07) is 7.30. The van der Waals surface area contributed by atoms with Gasteiger partial charge in [0.15, 0.2) is 0 Å². The van der Waals surface area contributed by atoms with Crippen molar-refractivity contribution < 1.29 is 9.90 Å². The maximum atomic E-state index is 10.9. The smallest absolute Gasteiger partial charge is 0.373 e. The zero-order chi connectivity index (χ0) is 13.4. The Labute approximate surface area is 108 Å². The van der Waals surface area contributed by atoms with Crippen molar-refractivity contribution >= 4 is 17.0 Å². The lowest BCUT2D eigenvalue weighted by molar-refractivity contribution is 0.0683. The fraction of sp³-hybridized carbons (Fsp3) is 0.0769. The van der Waals surface area contributed by atoms with Crippen LogP contribution in [0.4, 0.5) is 0 Å². The van der Waals surface area contributed by atoms with Gasteiger partial charge in [-0.1, -0.05) is 6.07 Å². The van der Waals surface area contributed by atoms with Crippen molar-refractivity contribution in [3.05, 3.63) is 42.1 Å². The molecule has 2 heterocycles. The van der Waals surface area contributed by atoms with Gasteiger partial charge in [-0.3, -0.25) is 0 Å². The molecule has 0 unspecified atom stereocenters. The van der Waals surface area contributed by atoms with Crippen LogP contribution in [0, 0.1) is 6.92 Å². The first-order valence-corrected chi connectivity index (χ1v) is 5.66. The summed E-state index contributed by atoms with van der Waals surface area (Å²) in [6.45, 7) is 1.88. The van der Waals surface area contributed by atoms with Crippen LogP contribution in [-0.4, -0.2) is 31.0 Å². The van der Waals surface area contributed by atoms with Gasteiger partial charge in [-0.2, -0.15) is 0 Å². The molecule has 0 amide bonds. The zero-order valence-corrected chi connectivity index (χ0v) is 10.1. The van der Waals surface area contributed by atoms with E-state index in [2.05, 4.69) is 19.9 Å². The van der Waals surface area contributed by atoms with Crippen molar-refractivity contribution in [2.45, 2.75) is 6.92 Å². The number of aromatic nitrogens is 4. The van der Waals surface area contributed by atoms with Crippen LogP contribution in [0.25, 0.3) is 22.3 Å². The molecule has 0 atom stereocenters. The summed E-state index contributed by atoms with van der Waals surface area (Å²) in [5, 5.41) is 8.89. The molecule has 0 radical (unpaired) electrons. The van der Waals surface area contributed by atoms with Gasteiger partial charge in [-0.05, 0) is 25.1 Å². The van der Waals surface area contributed by atoms with Crippen molar-refractivity contribution in [1.82, 2.24) is 19.9 Å². The van der Waals surface area contributed by atoms with Crippen molar-refractivity contribution in [3.8, 4) is 11.3 Å². The van der Waals surface area contributed by atoms with Crippen LogP contribution in [0.5, 0.6) is 0 Å². The van der Waals surface area contributed by atoms with Crippen LogP contribution < -0.4 is 0 Å². The number of aromatic amines is 1. The highest BCUT2D eigenvalue weighted by Crippen LogP contribution is 2.21. The summed E-state index contributed by atoms with van der Waals surface area (Å²) < 4.78 is 0. The van der Waals surface area contributed by atoms with Crippen molar-refractivity contribution in [2.75, 3.05) is 0 Å². The normalized spacial score (nSPS) is 10.8. The molecule has 0 aliphatic heterocycles. The molecule has 0 aliphatic carbocycles. The highest BCUT2D eigenvalue weighted by Gasteiger charge is 2.09. The Morgan fingerprint density at radius 3 is 2.89 bits per heavy atom. The van der Waals surface area contributed by atoms with Crippen LogP contribution >= 0.6 is 0 Å². The van der Waals surface area contributed by atoms with Gasteiger partial charge < -0.3 is 10.1 Å². The Balaban J connectivity index is 2.12. The van der Waals surface area contributed by atoms with E-state index in [9.17, 15) is 4.79 Å². The number of imidazole rings is 1. The number of benzene rings is 1. The number of hydrogen-bond acceptors (Lipinski definition) is 4. The number of nitrogens with zero attached hydrogens (tertiary/aromatic N) is 3. The molecule has 19 heavy (non-hydrogen) atoms. The minimum atomic E-state index is -1.14. The molecule has 0 saturated heterocycles. The molecule has 3 rings (SSSR count). The maximum Gasteiger partial charge on any atom is 0.373 e. The van der Waals surface area contributed by atoms with Gasteiger partial charge in [0.2, 0.25) is 5.82 Å². The average molecular weight is 254 g/mol. The monoisotopic (exact) mass is 254 g/mol. The maximum absolute atomic E-state index is 10.9. The number of H-pyrrole nitrogens is 1. The van der Waals surface area contributed by atoms with E-state index in [-0.39, 0.29) is 5.82 Å². The standard InChI is InChI=1S/C13H10N4O2/c1-7-15-10-3-2-8(6-11(10)16-7)9-4-5-14-12(17-9)13(18)19/h2-6H,1H3,(H,15,16)(H,18,19). The van der Waals surface area contributed by atoms with Gasteiger partial charge in [0.1, 0.15) is 5.82 Å². The van der Waals surface area contributed by atoms with E-state index in [4.69, 9.17) is 5.11 Å². The lowest BCUT2D eigenvalue weighted by atomic mass is 10.1. The Hall–Kier alpha value is -2.76. The van der Waals surface area contributed by atoms with Gasteiger partial charge in [0.05, 0.1) is 16.7 Å². The third kappa shape index (κ3) is 2.03. The van der Waals surface area contributed by atoms with Crippen molar-refractivity contribution in [1.29, 1.82) is 0 Å². The third-order valence-electron chi connectivity index (χ3n) is 2.74. The fourth-order valence-electron chi connectivity index (χ4n) is 1.92. The SMILES string of the molecule is Cc1nc2ccc(-c3ccnc(C(=O)O)n3)cc2[nH]1. The van der Waals surface area contributed by atoms with Crippen molar-refractivity contribution in [2.24, 2.45) is 0 Å². The van der Waals surface area contributed by atoms with Crippen LogP contribution in [0.2, 0.25) is 0 Å². The minimum absolute atomic E-state index is 0.210. The van der Waals surface area contributed by atoms with E-state index in [0.717, 1.165) is 22.4 Å². The van der Waals surface area contributed by atoms with Crippen LogP contribution in [0.15, 0.2) is 30.5 Å². The summed E-state index contributed by atoms with van der Waals surface area (Å²) in [5.74, 6) is -0.514. The predicted molar refractivity (Wildman–Crippen MR) is 68.8 cm³/mol. The lowest BCUT2D eigenvalue weighted by Gasteiger charge is -2.01. The van der Waals surface area contributed by atoms with Gasteiger partial charge >= 0.3 is 5.97 Å². The van der Waals surface area contributed by atoms with Gasteiger partial charge in [0, 0.05) is 11.8 Å². The summed E-state index contributed by atoms with van der Waals surface area (Å²) >= 11 is 0. The number of rotatable bonds is 2. The first-order valence-electron chi connectivity index (χ1n) is 5.66. The fourth-order valence-corrected chi connectivity index (χ4v) is 1.92. The second kappa shape index (κ2) is 4.16. The molecule has 2 aromatic heterocycles. The van der Waals surface area contributed by atoms with Gasteiger partial charge in [-0.15, -0.1) is 0 Å². The quantitative estimate of drug-likeness (QED) is 0.730. The average Bonchev–Trinajstić information content (AvgIpc) is 2.77. The highest BCUT2D eigenvalue weighted by molar-refractivity contribution is 5.85. The first-order chi connectivity index (χ1) is 9.13. The Bertz CT molecular complexity index is 779. The molecule has 0 spiro atoms. The summed E-state index contributed by atoms with van der Waals surface area (Å²) in [4.78, 5) is 26.0. The molecule has 0 bridgehead atoms. The number of carboxylic acid groups (broad SMARTS) is 1. The molecular weight excluding hydrogens is 244 g/mol. The predicted octanol–water partition coefficient (Wildman–Crippen LogP) is 2.03. The van der Waals surface area contributed by atoms with E-state index < -0.39 is 5.97 Å². The molecule has 94 valence electrons. The number of carboxylic acids is 1. The van der Waals surface area contributed by atoms with E-state index >= 15 is 0 Å². The number of aryl methyl sites for hydroxylation is 1.